The summed E-state index contributed by atoms with van der Waals surface area (Å²) in [6.07, 6.45) is 0.337. The molecule has 0 saturated heterocycles. The minimum absolute atomic E-state index is 0.000390. The van der Waals surface area contributed by atoms with E-state index in [9.17, 15) is 0 Å². The first-order valence-electron chi connectivity index (χ1n) is 4.62. The topological polar surface area (TPSA) is 56.0 Å². The maximum Gasteiger partial charge on any atom is 0.0639 e. The molecular weight excluding hydrogens is 176 g/mol. The van der Waals surface area contributed by atoms with Crippen molar-refractivity contribution in [1.29, 1.82) is 5.26 Å². The molecule has 1 aromatic carbocycles. The van der Waals surface area contributed by atoms with E-state index in [2.05, 4.69) is 5.32 Å². The van der Waals surface area contributed by atoms with Crippen LogP contribution in [-0.2, 0) is 6.54 Å². The van der Waals surface area contributed by atoms with Gasteiger partial charge in [-0.05, 0) is 5.56 Å². The van der Waals surface area contributed by atoms with E-state index in [1.165, 1.54) is 0 Å². The Morgan fingerprint density at radius 1 is 1.36 bits per heavy atom. The molecule has 1 atom stereocenters. The Kier molecular flexibility index (Phi) is 4.70. The highest BCUT2D eigenvalue weighted by molar-refractivity contribution is 5.14. The van der Waals surface area contributed by atoms with E-state index in [4.69, 9.17) is 10.4 Å². The molecule has 3 heteroatoms. The normalized spacial score (nSPS) is 12.0. The molecule has 0 radical (unpaired) electrons. The number of hydrogen-bond acceptors (Lipinski definition) is 3. The number of aliphatic hydroxyl groups is 1. The monoisotopic (exact) mass is 190 g/mol. The van der Waals surface area contributed by atoms with Crippen molar-refractivity contribution in [1.82, 2.24) is 5.32 Å². The van der Waals surface area contributed by atoms with Crippen molar-refractivity contribution in [3.63, 3.8) is 0 Å². The third-order valence-corrected chi connectivity index (χ3v) is 2.00. The Labute approximate surface area is 84.0 Å². The maximum atomic E-state index is 8.92. The lowest BCUT2D eigenvalue weighted by Gasteiger charge is -2.12. The maximum absolute atomic E-state index is 8.92. The minimum atomic E-state index is -0.125. The van der Waals surface area contributed by atoms with Gasteiger partial charge in [-0.25, -0.2) is 0 Å². The van der Waals surface area contributed by atoms with E-state index < -0.39 is 0 Å². The molecular formula is C11H14N2O. The minimum Gasteiger partial charge on any atom is -0.395 e. The Morgan fingerprint density at radius 2 is 2.07 bits per heavy atom. The van der Waals surface area contributed by atoms with Gasteiger partial charge in [0.15, 0.2) is 0 Å². The molecule has 1 unspecified atom stereocenters. The van der Waals surface area contributed by atoms with E-state index in [1.807, 2.05) is 36.4 Å². The molecule has 1 aromatic rings. The predicted octanol–water partition coefficient (Wildman–Crippen LogP) is 1.05. The Hall–Kier alpha value is -1.37. The molecule has 0 aromatic heterocycles. The Balaban J connectivity index is 2.36. The van der Waals surface area contributed by atoms with E-state index in [0.29, 0.717) is 13.0 Å². The van der Waals surface area contributed by atoms with E-state index >= 15 is 0 Å². The van der Waals surface area contributed by atoms with Crippen LogP contribution < -0.4 is 5.32 Å². The van der Waals surface area contributed by atoms with Crippen molar-refractivity contribution in [2.75, 3.05) is 6.61 Å². The Bertz CT molecular complexity index is 292. The van der Waals surface area contributed by atoms with Crippen LogP contribution in [0.2, 0.25) is 0 Å². The second-order valence-corrected chi connectivity index (χ2v) is 3.11. The van der Waals surface area contributed by atoms with Crippen molar-refractivity contribution < 1.29 is 5.11 Å². The van der Waals surface area contributed by atoms with Gasteiger partial charge in [-0.2, -0.15) is 5.26 Å². The summed E-state index contributed by atoms with van der Waals surface area (Å²) >= 11 is 0. The van der Waals surface area contributed by atoms with E-state index in [1.54, 1.807) is 0 Å². The molecule has 0 aliphatic carbocycles. The molecule has 14 heavy (non-hydrogen) atoms. The summed E-state index contributed by atoms with van der Waals surface area (Å²) in [5.41, 5.74) is 1.16. The molecule has 0 bridgehead atoms. The van der Waals surface area contributed by atoms with E-state index in [0.717, 1.165) is 5.56 Å². The SMILES string of the molecule is N#CCC(CO)NCc1ccccc1. The van der Waals surface area contributed by atoms with Crippen molar-refractivity contribution >= 4 is 0 Å². The first-order valence-corrected chi connectivity index (χ1v) is 4.62. The zero-order chi connectivity index (χ0) is 10.2. The lowest BCUT2D eigenvalue weighted by atomic mass is 10.2. The van der Waals surface area contributed by atoms with Gasteiger partial charge in [0.25, 0.3) is 0 Å². The second-order valence-electron chi connectivity index (χ2n) is 3.11. The summed E-state index contributed by atoms with van der Waals surface area (Å²) in [5.74, 6) is 0. The van der Waals surface area contributed by atoms with Crippen LogP contribution in [0.4, 0.5) is 0 Å². The van der Waals surface area contributed by atoms with Crippen LogP contribution in [0.15, 0.2) is 30.3 Å². The molecule has 0 spiro atoms. The summed E-state index contributed by atoms with van der Waals surface area (Å²) in [5, 5.41) is 20.5. The lowest BCUT2D eigenvalue weighted by Crippen LogP contribution is -2.31. The largest absolute Gasteiger partial charge is 0.395 e. The number of hydrogen-bond donors (Lipinski definition) is 2. The quantitative estimate of drug-likeness (QED) is 0.729. The molecule has 0 saturated carbocycles. The van der Waals surface area contributed by atoms with Crippen LogP contribution in [0.1, 0.15) is 12.0 Å². The fourth-order valence-corrected chi connectivity index (χ4v) is 1.17. The first kappa shape index (κ1) is 10.7. The summed E-state index contributed by atoms with van der Waals surface area (Å²) in [4.78, 5) is 0. The van der Waals surface area contributed by atoms with Crippen LogP contribution in [0, 0.1) is 11.3 Å². The molecule has 74 valence electrons. The third kappa shape index (κ3) is 3.56. The molecule has 1 rings (SSSR count). The lowest BCUT2D eigenvalue weighted by molar-refractivity contribution is 0.243. The van der Waals surface area contributed by atoms with Gasteiger partial charge in [0.05, 0.1) is 19.1 Å². The summed E-state index contributed by atoms with van der Waals surface area (Å²) < 4.78 is 0. The van der Waals surface area contributed by atoms with Gasteiger partial charge in [-0.3, -0.25) is 0 Å². The average Bonchev–Trinajstić information content (AvgIpc) is 2.25. The molecule has 2 N–H and O–H groups in total. The van der Waals surface area contributed by atoms with Crippen molar-refractivity contribution in [3.8, 4) is 6.07 Å². The van der Waals surface area contributed by atoms with Crippen molar-refractivity contribution in [2.45, 2.75) is 19.0 Å². The average molecular weight is 190 g/mol. The highest BCUT2D eigenvalue weighted by atomic mass is 16.3. The number of nitrogens with one attached hydrogen (secondary N) is 1. The summed E-state index contributed by atoms with van der Waals surface area (Å²) in [6, 6.07) is 11.8. The smallest absolute Gasteiger partial charge is 0.0639 e. The van der Waals surface area contributed by atoms with Gasteiger partial charge in [0.1, 0.15) is 0 Å². The molecule has 3 nitrogen and oxygen atoms in total. The molecule has 0 fully saturated rings. The zero-order valence-electron chi connectivity index (χ0n) is 7.98. The molecule has 0 amide bonds. The zero-order valence-corrected chi connectivity index (χ0v) is 7.98. The molecule has 0 heterocycles. The summed E-state index contributed by atoms with van der Waals surface area (Å²) in [6.45, 7) is 0.689. The second kappa shape index (κ2) is 6.14. The van der Waals surface area contributed by atoms with Crippen LogP contribution in [0.25, 0.3) is 0 Å². The summed E-state index contributed by atoms with van der Waals surface area (Å²) in [7, 11) is 0. The van der Waals surface area contributed by atoms with Gasteiger partial charge in [0.2, 0.25) is 0 Å². The van der Waals surface area contributed by atoms with Gasteiger partial charge in [-0.15, -0.1) is 0 Å². The first-order chi connectivity index (χ1) is 6.86. The Morgan fingerprint density at radius 3 is 2.64 bits per heavy atom. The standard InChI is InChI=1S/C11H14N2O/c12-7-6-11(9-14)13-8-10-4-2-1-3-5-10/h1-5,11,13-14H,6,8-9H2. The number of benzene rings is 1. The highest BCUT2D eigenvalue weighted by Crippen LogP contribution is 1.99. The molecule has 0 aliphatic rings. The van der Waals surface area contributed by atoms with Gasteiger partial charge >= 0.3 is 0 Å². The van der Waals surface area contributed by atoms with Crippen LogP contribution >= 0.6 is 0 Å². The fraction of sp³-hybridized carbons (Fsp3) is 0.364. The van der Waals surface area contributed by atoms with Gasteiger partial charge < -0.3 is 10.4 Å². The highest BCUT2D eigenvalue weighted by Gasteiger charge is 2.04. The van der Waals surface area contributed by atoms with Gasteiger partial charge in [0, 0.05) is 12.6 Å². The third-order valence-electron chi connectivity index (χ3n) is 2.00. The number of rotatable bonds is 5. The van der Waals surface area contributed by atoms with Gasteiger partial charge in [-0.1, -0.05) is 30.3 Å². The van der Waals surface area contributed by atoms with Crippen LogP contribution in [-0.4, -0.2) is 17.8 Å². The van der Waals surface area contributed by atoms with Crippen LogP contribution in [0.3, 0.4) is 0 Å². The van der Waals surface area contributed by atoms with Crippen molar-refractivity contribution in [3.05, 3.63) is 35.9 Å². The van der Waals surface area contributed by atoms with Crippen LogP contribution in [0.5, 0.6) is 0 Å². The molecule has 0 aliphatic heterocycles. The van der Waals surface area contributed by atoms with Crippen molar-refractivity contribution in [2.24, 2.45) is 0 Å². The number of nitriles is 1. The van der Waals surface area contributed by atoms with E-state index in [-0.39, 0.29) is 12.6 Å². The predicted molar refractivity (Wildman–Crippen MR) is 54.4 cm³/mol. The number of aliphatic hydroxyl groups excluding tert-OH is 1. The number of nitrogens with zero attached hydrogens (tertiary/aromatic N) is 1. The fourth-order valence-electron chi connectivity index (χ4n) is 1.17.